The number of hydrogen-bond donors (Lipinski definition) is 1. The first-order valence-electron chi connectivity index (χ1n) is 11.5. The lowest BCUT2D eigenvalue weighted by atomic mass is 9.93. The van der Waals surface area contributed by atoms with Gasteiger partial charge >= 0.3 is 6.03 Å². The Morgan fingerprint density at radius 3 is 2.46 bits per heavy atom. The van der Waals surface area contributed by atoms with E-state index in [-0.39, 0.29) is 11.8 Å². The quantitative estimate of drug-likeness (QED) is 0.365. The molecule has 2 amide bonds. The van der Waals surface area contributed by atoms with E-state index in [4.69, 9.17) is 9.51 Å². The number of anilines is 1. The van der Waals surface area contributed by atoms with Crippen molar-refractivity contribution in [3.8, 4) is 11.4 Å². The van der Waals surface area contributed by atoms with Crippen LogP contribution in [0.5, 0.6) is 0 Å². The first-order valence-corrected chi connectivity index (χ1v) is 11.5. The summed E-state index contributed by atoms with van der Waals surface area (Å²) < 4.78 is 19.3. The zero-order valence-electron chi connectivity index (χ0n) is 19.7. The number of aromatic nitrogens is 2. The maximum Gasteiger partial charge on any atom is 0.326 e. The summed E-state index contributed by atoms with van der Waals surface area (Å²) in [6, 6.07) is 21.0. The predicted octanol–water partition coefficient (Wildman–Crippen LogP) is 6.45. The third-order valence-electron chi connectivity index (χ3n) is 6.22. The lowest BCUT2D eigenvalue weighted by Crippen LogP contribution is -2.46. The van der Waals surface area contributed by atoms with E-state index in [0.29, 0.717) is 28.7 Å². The molecule has 0 aliphatic carbocycles. The molecule has 176 valence electrons. The number of nitrogens with one attached hydrogen (secondary N) is 1. The second-order valence-corrected chi connectivity index (χ2v) is 8.58. The van der Waals surface area contributed by atoms with E-state index in [0.717, 1.165) is 23.1 Å². The molecule has 0 saturated carbocycles. The van der Waals surface area contributed by atoms with Crippen molar-refractivity contribution in [2.45, 2.75) is 33.2 Å². The Labute approximate surface area is 203 Å². The highest BCUT2D eigenvalue weighted by Crippen LogP contribution is 2.39. The van der Waals surface area contributed by atoms with Crippen LogP contribution < -0.4 is 10.2 Å². The highest BCUT2D eigenvalue weighted by atomic mass is 19.1. The molecule has 0 fully saturated rings. The van der Waals surface area contributed by atoms with E-state index in [9.17, 15) is 9.18 Å². The molecule has 2 heterocycles. The van der Waals surface area contributed by atoms with Gasteiger partial charge in [-0.3, -0.25) is 4.90 Å². The van der Waals surface area contributed by atoms with Crippen molar-refractivity contribution in [3.63, 3.8) is 0 Å². The molecule has 0 radical (unpaired) electrons. The first-order chi connectivity index (χ1) is 16.9. The fourth-order valence-electron chi connectivity index (χ4n) is 4.35. The maximum absolute atomic E-state index is 13.6. The van der Waals surface area contributed by atoms with E-state index in [2.05, 4.69) is 17.4 Å². The lowest BCUT2D eigenvalue weighted by Gasteiger charge is -2.35. The van der Waals surface area contributed by atoms with Gasteiger partial charge in [0.1, 0.15) is 5.82 Å². The summed E-state index contributed by atoms with van der Waals surface area (Å²) in [6.45, 7) is 5.94. The van der Waals surface area contributed by atoms with Gasteiger partial charge in [-0.2, -0.15) is 4.98 Å². The van der Waals surface area contributed by atoms with E-state index in [1.165, 1.54) is 22.6 Å². The van der Waals surface area contributed by atoms with Crippen LogP contribution in [-0.4, -0.2) is 16.2 Å². The molecule has 3 aromatic carbocycles. The number of amides is 2. The van der Waals surface area contributed by atoms with Gasteiger partial charge in [0.2, 0.25) is 5.82 Å². The summed E-state index contributed by atoms with van der Waals surface area (Å²) in [6.07, 6.45) is 0.918. The second-order valence-electron chi connectivity index (χ2n) is 8.58. The summed E-state index contributed by atoms with van der Waals surface area (Å²) >= 11 is 0. The van der Waals surface area contributed by atoms with Gasteiger partial charge in [-0.05, 0) is 61.7 Å². The fourth-order valence-corrected chi connectivity index (χ4v) is 4.35. The van der Waals surface area contributed by atoms with Crippen LogP contribution in [0.3, 0.4) is 0 Å². The van der Waals surface area contributed by atoms with E-state index in [1.807, 2.05) is 62.4 Å². The van der Waals surface area contributed by atoms with Crippen molar-refractivity contribution in [2.75, 3.05) is 4.90 Å². The molecule has 1 aromatic heterocycles. The number of urea groups is 1. The van der Waals surface area contributed by atoms with Crippen molar-refractivity contribution >= 4 is 17.3 Å². The molecule has 1 aliphatic rings. The van der Waals surface area contributed by atoms with Gasteiger partial charge in [0.15, 0.2) is 0 Å². The van der Waals surface area contributed by atoms with Gasteiger partial charge in [-0.15, -0.1) is 0 Å². The molecular formula is C28H25FN4O2. The number of carbonyl (C=O) groups is 1. The third-order valence-corrected chi connectivity index (χ3v) is 6.22. The molecule has 6 nitrogen and oxygen atoms in total. The molecule has 4 aromatic rings. The summed E-state index contributed by atoms with van der Waals surface area (Å²) in [5, 5.41) is 7.30. The van der Waals surface area contributed by atoms with Crippen LogP contribution in [0.25, 0.3) is 17.0 Å². The Balaban J connectivity index is 1.64. The van der Waals surface area contributed by atoms with Crippen LogP contribution in [0, 0.1) is 12.7 Å². The Kier molecular flexibility index (Phi) is 5.91. The molecule has 0 bridgehead atoms. The maximum atomic E-state index is 13.6. The van der Waals surface area contributed by atoms with Crippen LogP contribution in [0.1, 0.15) is 42.5 Å². The molecule has 1 unspecified atom stereocenters. The molecule has 0 saturated heterocycles. The summed E-state index contributed by atoms with van der Waals surface area (Å²) in [5.74, 6) is 0.409. The van der Waals surface area contributed by atoms with E-state index in [1.54, 1.807) is 12.1 Å². The van der Waals surface area contributed by atoms with E-state index >= 15 is 0 Å². The Bertz CT molecular complexity index is 1410. The first kappa shape index (κ1) is 22.5. The molecule has 5 rings (SSSR count). The molecule has 1 atom stereocenters. The second kappa shape index (κ2) is 9.18. The number of rotatable bonds is 5. The number of allylic oxidation sites excluding steroid dienone is 1. The topological polar surface area (TPSA) is 71.3 Å². The minimum Gasteiger partial charge on any atom is -0.334 e. The zero-order valence-corrected chi connectivity index (χ0v) is 19.7. The van der Waals surface area contributed by atoms with Crippen LogP contribution in [0.15, 0.2) is 83.0 Å². The Hall–Kier alpha value is -4.26. The van der Waals surface area contributed by atoms with Gasteiger partial charge in [0.05, 0.1) is 17.3 Å². The SMILES string of the molecule is CCc1ccc(C2NC(=O)N(c3ccc(F)cc3)C(C)=C2c2nc(-c3cccc(C)c3)no2)cc1. The molecule has 0 spiro atoms. The van der Waals surface area contributed by atoms with Gasteiger partial charge < -0.3 is 9.84 Å². The molecule has 7 heteroatoms. The van der Waals surface area contributed by atoms with Crippen molar-refractivity contribution in [1.29, 1.82) is 0 Å². The van der Waals surface area contributed by atoms with Crippen LogP contribution in [-0.2, 0) is 6.42 Å². The van der Waals surface area contributed by atoms with Gasteiger partial charge in [0, 0.05) is 11.3 Å². The highest BCUT2D eigenvalue weighted by molar-refractivity contribution is 6.01. The molecular weight excluding hydrogens is 443 g/mol. The van der Waals surface area contributed by atoms with Crippen molar-refractivity contribution in [3.05, 3.63) is 107 Å². The minimum absolute atomic E-state index is 0.315. The summed E-state index contributed by atoms with van der Waals surface area (Å²) in [4.78, 5) is 19.5. The normalized spacial score (nSPS) is 15.9. The summed E-state index contributed by atoms with van der Waals surface area (Å²) in [5.41, 5.74) is 5.89. The largest absolute Gasteiger partial charge is 0.334 e. The fraction of sp³-hybridized carbons (Fsp3) is 0.179. The van der Waals surface area contributed by atoms with E-state index < -0.39 is 6.04 Å². The average molecular weight is 469 g/mol. The van der Waals surface area contributed by atoms with Crippen LogP contribution >= 0.6 is 0 Å². The average Bonchev–Trinajstić information content (AvgIpc) is 3.35. The lowest BCUT2D eigenvalue weighted by molar-refractivity contribution is 0.244. The van der Waals surface area contributed by atoms with Gasteiger partial charge in [-0.25, -0.2) is 9.18 Å². The van der Waals surface area contributed by atoms with Crippen molar-refractivity contribution in [2.24, 2.45) is 0 Å². The Morgan fingerprint density at radius 1 is 1.03 bits per heavy atom. The van der Waals surface area contributed by atoms with Gasteiger partial charge in [-0.1, -0.05) is 60.1 Å². The summed E-state index contributed by atoms with van der Waals surface area (Å²) in [7, 11) is 0. The molecule has 1 aliphatic heterocycles. The zero-order chi connectivity index (χ0) is 24.5. The number of benzene rings is 3. The number of carbonyl (C=O) groups excluding carboxylic acids is 1. The smallest absolute Gasteiger partial charge is 0.326 e. The monoisotopic (exact) mass is 468 g/mol. The van der Waals surface area contributed by atoms with Crippen LogP contribution in [0.2, 0.25) is 0 Å². The number of aryl methyl sites for hydroxylation is 2. The minimum atomic E-state index is -0.490. The van der Waals surface area contributed by atoms with Crippen LogP contribution in [0.4, 0.5) is 14.9 Å². The third kappa shape index (κ3) is 4.33. The number of hydrogen-bond acceptors (Lipinski definition) is 4. The van der Waals surface area contributed by atoms with Gasteiger partial charge in [0.25, 0.3) is 5.89 Å². The standard InChI is InChI=1S/C28H25FN4O2/c1-4-19-8-10-20(11-9-19)25-24(27-31-26(32-35-27)21-7-5-6-17(2)16-21)18(3)33(28(34)30-25)23-14-12-22(29)13-15-23/h5-16,25H,4H2,1-3H3,(H,30,34). The Morgan fingerprint density at radius 2 is 1.77 bits per heavy atom. The predicted molar refractivity (Wildman–Crippen MR) is 133 cm³/mol. The molecule has 1 N–H and O–H groups in total. The number of halogens is 1. The highest BCUT2D eigenvalue weighted by Gasteiger charge is 2.36. The molecule has 35 heavy (non-hydrogen) atoms. The number of nitrogens with zero attached hydrogens (tertiary/aromatic N) is 3. The van der Waals surface area contributed by atoms with Crippen molar-refractivity contribution < 1.29 is 13.7 Å². The van der Waals surface area contributed by atoms with Crippen molar-refractivity contribution in [1.82, 2.24) is 15.5 Å².